The lowest BCUT2D eigenvalue weighted by molar-refractivity contribution is -0.135. The number of rotatable bonds is 1. The van der Waals surface area contributed by atoms with Crippen LogP contribution in [-0.4, -0.2) is 30.6 Å². The van der Waals surface area contributed by atoms with Gasteiger partial charge in [-0.25, -0.2) is 0 Å². The summed E-state index contributed by atoms with van der Waals surface area (Å²) in [7, 11) is 0. The highest BCUT2D eigenvalue weighted by atomic mass is 16.2. The van der Waals surface area contributed by atoms with Crippen LogP contribution in [0, 0.1) is 5.41 Å². The van der Waals surface area contributed by atoms with Crippen LogP contribution in [0.25, 0.3) is 0 Å². The third-order valence-electron chi connectivity index (χ3n) is 2.66. The number of amides is 1. The van der Waals surface area contributed by atoms with Crippen LogP contribution in [0.3, 0.4) is 0 Å². The van der Waals surface area contributed by atoms with Crippen molar-refractivity contribution in [3.63, 3.8) is 0 Å². The highest BCUT2D eigenvalue weighted by Crippen LogP contribution is 2.46. The van der Waals surface area contributed by atoms with Crippen molar-refractivity contribution in [2.75, 3.05) is 19.8 Å². The monoisotopic (exact) mass is 154 g/mol. The fraction of sp³-hybridized carbons (Fsp3) is 0.875. The SMILES string of the molecule is CC1(C(=O)N2CCNC2)CC1. The van der Waals surface area contributed by atoms with E-state index >= 15 is 0 Å². The molecule has 1 aliphatic carbocycles. The van der Waals surface area contributed by atoms with Crippen LogP contribution in [0.1, 0.15) is 19.8 Å². The summed E-state index contributed by atoms with van der Waals surface area (Å²) in [5, 5.41) is 3.16. The first-order chi connectivity index (χ1) is 5.22. The molecule has 0 spiro atoms. The Kier molecular flexibility index (Phi) is 1.42. The Labute approximate surface area is 66.8 Å². The van der Waals surface area contributed by atoms with E-state index < -0.39 is 0 Å². The lowest BCUT2D eigenvalue weighted by atomic mass is 10.1. The molecule has 0 atom stereocenters. The average Bonchev–Trinajstić information content (AvgIpc) is 2.54. The van der Waals surface area contributed by atoms with E-state index in [2.05, 4.69) is 12.2 Å². The molecule has 0 radical (unpaired) electrons. The zero-order chi connectivity index (χ0) is 7.90. The van der Waals surface area contributed by atoms with Crippen molar-refractivity contribution in [1.29, 1.82) is 0 Å². The highest BCUT2D eigenvalue weighted by Gasteiger charge is 2.47. The molecule has 2 rings (SSSR count). The first kappa shape index (κ1) is 7.10. The van der Waals surface area contributed by atoms with Crippen molar-refractivity contribution in [1.82, 2.24) is 10.2 Å². The van der Waals surface area contributed by atoms with Crippen molar-refractivity contribution < 1.29 is 4.79 Å². The van der Waals surface area contributed by atoms with Crippen molar-refractivity contribution in [3.8, 4) is 0 Å². The van der Waals surface area contributed by atoms with E-state index in [0.717, 1.165) is 32.6 Å². The third-order valence-corrected chi connectivity index (χ3v) is 2.66. The molecule has 1 N–H and O–H groups in total. The molecule has 3 heteroatoms. The van der Waals surface area contributed by atoms with E-state index in [1.54, 1.807) is 0 Å². The number of nitrogens with zero attached hydrogens (tertiary/aromatic N) is 1. The molecule has 1 heterocycles. The smallest absolute Gasteiger partial charge is 0.229 e. The van der Waals surface area contributed by atoms with Crippen molar-refractivity contribution in [2.24, 2.45) is 5.41 Å². The average molecular weight is 154 g/mol. The molecule has 0 aromatic heterocycles. The van der Waals surface area contributed by atoms with Gasteiger partial charge in [-0.15, -0.1) is 0 Å². The zero-order valence-corrected chi connectivity index (χ0v) is 6.89. The van der Waals surface area contributed by atoms with Crippen molar-refractivity contribution in [2.45, 2.75) is 19.8 Å². The maximum Gasteiger partial charge on any atom is 0.229 e. The summed E-state index contributed by atoms with van der Waals surface area (Å²) in [6, 6.07) is 0. The zero-order valence-electron chi connectivity index (χ0n) is 6.89. The largest absolute Gasteiger partial charge is 0.328 e. The number of hydrogen-bond donors (Lipinski definition) is 1. The Morgan fingerprint density at radius 2 is 2.27 bits per heavy atom. The van der Waals surface area contributed by atoms with Crippen LogP contribution in [-0.2, 0) is 4.79 Å². The van der Waals surface area contributed by atoms with Crippen LogP contribution in [0.2, 0.25) is 0 Å². The number of hydrogen-bond acceptors (Lipinski definition) is 2. The van der Waals surface area contributed by atoms with E-state index in [4.69, 9.17) is 0 Å². The Morgan fingerprint density at radius 3 is 2.73 bits per heavy atom. The molecule has 62 valence electrons. The lowest BCUT2D eigenvalue weighted by Gasteiger charge is -2.18. The first-order valence-corrected chi connectivity index (χ1v) is 4.22. The van der Waals surface area contributed by atoms with E-state index in [-0.39, 0.29) is 5.41 Å². The van der Waals surface area contributed by atoms with E-state index in [1.165, 1.54) is 0 Å². The van der Waals surface area contributed by atoms with Crippen molar-refractivity contribution in [3.05, 3.63) is 0 Å². The minimum absolute atomic E-state index is 0.0199. The molecule has 1 amide bonds. The number of nitrogens with one attached hydrogen (secondary N) is 1. The topological polar surface area (TPSA) is 32.3 Å². The van der Waals surface area contributed by atoms with Crippen LogP contribution in [0.15, 0.2) is 0 Å². The standard InChI is InChI=1S/C8H14N2O/c1-8(2-3-8)7(11)10-5-4-9-6-10/h9H,2-6H2,1H3. The predicted molar refractivity (Wildman–Crippen MR) is 41.9 cm³/mol. The maximum atomic E-state index is 11.6. The fourth-order valence-electron chi connectivity index (χ4n) is 1.46. The predicted octanol–water partition coefficient (Wildman–Crippen LogP) is 0.176. The Morgan fingerprint density at radius 1 is 1.55 bits per heavy atom. The Balaban J connectivity index is 1.98. The third kappa shape index (κ3) is 1.13. The van der Waals surface area contributed by atoms with E-state index in [0.29, 0.717) is 5.91 Å². The molecule has 0 bridgehead atoms. The lowest BCUT2D eigenvalue weighted by Crippen LogP contribution is -2.34. The summed E-state index contributed by atoms with van der Waals surface area (Å²) < 4.78 is 0. The second kappa shape index (κ2) is 2.21. The Bertz CT molecular complexity index is 181. The van der Waals surface area contributed by atoms with Gasteiger partial charge >= 0.3 is 0 Å². The molecule has 1 aliphatic heterocycles. The molecule has 2 fully saturated rings. The molecule has 11 heavy (non-hydrogen) atoms. The van der Waals surface area contributed by atoms with E-state index in [9.17, 15) is 4.79 Å². The fourth-order valence-corrected chi connectivity index (χ4v) is 1.46. The molecule has 2 aliphatic rings. The van der Waals surface area contributed by atoms with Gasteiger partial charge in [-0.3, -0.25) is 10.1 Å². The molecule has 1 saturated heterocycles. The van der Waals surface area contributed by atoms with Gasteiger partial charge in [-0.1, -0.05) is 6.92 Å². The van der Waals surface area contributed by atoms with Crippen LogP contribution >= 0.6 is 0 Å². The van der Waals surface area contributed by atoms with Gasteiger partial charge in [0.25, 0.3) is 0 Å². The second-order valence-corrected chi connectivity index (χ2v) is 3.79. The summed E-state index contributed by atoms with van der Waals surface area (Å²) in [6.45, 7) is 4.68. The normalized spacial score (nSPS) is 27.2. The number of carbonyl (C=O) groups excluding carboxylic acids is 1. The van der Waals surface area contributed by atoms with Gasteiger partial charge in [0.2, 0.25) is 5.91 Å². The van der Waals surface area contributed by atoms with E-state index in [1.807, 2.05) is 4.90 Å². The maximum absolute atomic E-state index is 11.6. The Hall–Kier alpha value is -0.570. The molecule has 0 aromatic rings. The minimum atomic E-state index is 0.0199. The van der Waals surface area contributed by atoms with Gasteiger partial charge < -0.3 is 4.90 Å². The first-order valence-electron chi connectivity index (χ1n) is 4.22. The minimum Gasteiger partial charge on any atom is -0.328 e. The van der Waals surface area contributed by atoms with Gasteiger partial charge in [0.15, 0.2) is 0 Å². The molecule has 0 unspecified atom stereocenters. The van der Waals surface area contributed by atoms with Gasteiger partial charge in [-0.05, 0) is 12.8 Å². The van der Waals surface area contributed by atoms with Crippen LogP contribution in [0.4, 0.5) is 0 Å². The van der Waals surface area contributed by atoms with Crippen LogP contribution < -0.4 is 5.32 Å². The number of carbonyl (C=O) groups is 1. The van der Waals surface area contributed by atoms with Gasteiger partial charge in [0.05, 0.1) is 6.67 Å². The quantitative estimate of drug-likeness (QED) is 0.584. The van der Waals surface area contributed by atoms with Gasteiger partial charge in [0, 0.05) is 18.5 Å². The summed E-state index contributed by atoms with van der Waals surface area (Å²) in [5.74, 6) is 0.350. The summed E-state index contributed by atoms with van der Waals surface area (Å²) in [6.07, 6.45) is 2.17. The molecular formula is C8H14N2O. The van der Waals surface area contributed by atoms with Crippen molar-refractivity contribution >= 4 is 5.91 Å². The highest BCUT2D eigenvalue weighted by molar-refractivity contribution is 5.85. The summed E-state index contributed by atoms with van der Waals surface area (Å²) in [4.78, 5) is 13.5. The molecule has 0 aromatic carbocycles. The summed E-state index contributed by atoms with van der Waals surface area (Å²) in [5.41, 5.74) is 0.0199. The van der Waals surface area contributed by atoms with Gasteiger partial charge in [-0.2, -0.15) is 0 Å². The van der Waals surface area contributed by atoms with Crippen LogP contribution in [0.5, 0.6) is 0 Å². The van der Waals surface area contributed by atoms with Gasteiger partial charge in [0.1, 0.15) is 0 Å². The molecule has 3 nitrogen and oxygen atoms in total. The second-order valence-electron chi connectivity index (χ2n) is 3.79. The molecule has 1 saturated carbocycles. The summed E-state index contributed by atoms with van der Waals surface area (Å²) >= 11 is 0. The molecular weight excluding hydrogens is 140 g/mol.